The van der Waals surface area contributed by atoms with Crippen LogP contribution in [0.25, 0.3) is 0 Å². The summed E-state index contributed by atoms with van der Waals surface area (Å²) in [5, 5.41) is 0. The molecule has 1 saturated heterocycles. The van der Waals surface area contributed by atoms with Crippen molar-refractivity contribution >= 4 is 31.6 Å². The normalized spacial score (nSPS) is 24.0. The van der Waals surface area contributed by atoms with E-state index < -0.39 is 8.07 Å². The summed E-state index contributed by atoms with van der Waals surface area (Å²) in [6.45, 7) is 9.91. The third-order valence-electron chi connectivity index (χ3n) is 2.57. The number of thioether (sulfide) groups is 2. The lowest BCUT2D eigenvalue weighted by Crippen LogP contribution is -2.48. The van der Waals surface area contributed by atoms with E-state index >= 15 is 0 Å². The Balaban J connectivity index is 2.73. The van der Waals surface area contributed by atoms with E-state index in [1.807, 2.05) is 0 Å². The van der Waals surface area contributed by atoms with Crippen molar-refractivity contribution in [2.75, 3.05) is 11.5 Å². The molecule has 0 N–H and O–H groups in total. The minimum atomic E-state index is -0.981. The van der Waals surface area contributed by atoms with Crippen molar-refractivity contribution in [3.63, 3.8) is 0 Å². The smallest absolute Gasteiger partial charge is 0.0751 e. The van der Waals surface area contributed by atoms with Crippen LogP contribution in [0.5, 0.6) is 0 Å². The molecule has 1 fully saturated rings. The first-order valence-corrected chi connectivity index (χ1v) is 10.3. The van der Waals surface area contributed by atoms with Gasteiger partial charge in [-0.2, -0.15) is 0 Å². The molecule has 12 heavy (non-hydrogen) atoms. The zero-order valence-corrected chi connectivity index (χ0v) is 11.3. The van der Waals surface area contributed by atoms with Crippen molar-refractivity contribution in [3.05, 3.63) is 0 Å². The van der Waals surface area contributed by atoms with E-state index in [1.54, 1.807) is 0 Å². The maximum atomic E-state index is 2.52. The Morgan fingerprint density at radius 2 is 1.67 bits per heavy atom. The second-order valence-corrected chi connectivity index (χ2v) is 13.5. The molecule has 1 aliphatic heterocycles. The van der Waals surface area contributed by atoms with E-state index in [0.29, 0.717) is 3.70 Å². The first-order valence-electron chi connectivity index (χ1n) is 4.80. The first kappa shape index (κ1) is 11.0. The molecule has 1 rings (SSSR count). The largest absolute Gasteiger partial charge is 0.148 e. The van der Waals surface area contributed by atoms with Crippen LogP contribution in [0.1, 0.15) is 19.8 Å². The number of rotatable bonds is 2. The molecule has 0 unspecified atom stereocenters. The molecular weight excluding hydrogens is 200 g/mol. The average molecular weight is 220 g/mol. The molecule has 1 aliphatic rings. The van der Waals surface area contributed by atoms with Gasteiger partial charge in [-0.3, -0.25) is 0 Å². The molecule has 0 saturated carbocycles. The predicted molar refractivity (Wildman–Crippen MR) is 65.9 cm³/mol. The fourth-order valence-corrected chi connectivity index (χ4v) is 9.54. The Hall–Kier alpha value is 0.917. The van der Waals surface area contributed by atoms with Gasteiger partial charge in [-0.15, -0.1) is 23.5 Å². The van der Waals surface area contributed by atoms with Gasteiger partial charge in [-0.25, -0.2) is 0 Å². The summed E-state index contributed by atoms with van der Waals surface area (Å²) in [6, 6.07) is 0. The lowest BCUT2D eigenvalue weighted by molar-refractivity contribution is 0.931. The minimum Gasteiger partial charge on any atom is -0.148 e. The molecule has 0 aromatic heterocycles. The van der Waals surface area contributed by atoms with Crippen LogP contribution in [0.4, 0.5) is 0 Å². The van der Waals surface area contributed by atoms with Gasteiger partial charge in [0.2, 0.25) is 0 Å². The van der Waals surface area contributed by atoms with Gasteiger partial charge in [0.1, 0.15) is 0 Å². The zero-order chi connectivity index (χ0) is 9.24. The fourth-order valence-electron chi connectivity index (χ4n) is 1.74. The Bertz CT molecular complexity index is 145. The molecule has 72 valence electrons. The van der Waals surface area contributed by atoms with Crippen LogP contribution >= 0.6 is 23.5 Å². The molecule has 0 bridgehead atoms. The lowest BCUT2D eigenvalue weighted by Gasteiger charge is -2.44. The first-order chi connectivity index (χ1) is 5.52. The van der Waals surface area contributed by atoms with Crippen molar-refractivity contribution in [3.8, 4) is 0 Å². The van der Waals surface area contributed by atoms with Crippen molar-refractivity contribution in [1.29, 1.82) is 0 Å². The molecule has 0 aromatic carbocycles. The molecule has 0 atom stereocenters. The summed E-state index contributed by atoms with van der Waals surface area (Å²) in [4.78, 5) is 0. The van der Waals surface area contributed by atoms with Crippen LogP contribution in [0, 0.1) is 0 Å². The zero-order valence-electron chi connectivity index (χ0n) is 8.64. The number of hydrogen-bond acceptors (Lipinski definition) is 2. The standard InChI is InChI=1S/C9H20S2Si/c1-5-9(12(2,3)4)10-7-6-8-11-9/h5-8H2,1-4H3. The van der Waals surface area contributed by atoms with Gasteiger partial charge in [0.15, 0.2) is 0 Å². The second-order valence-electron chi connectivity index (χ2n) is 4.41. The highest BCUT2D eigenvalue weighted by molar-refractivity contribution is 8.21. The molecule has 0 aliphatic carbocycles. The Morgan fingerprint density at radius 3 is 1.92 bits per heavy atom. The van der Waals surface area contributed by atoms with Gasteiger partial charge < -0.3 is 0 Å². The van der Waals surface area contributed by atoms with E-state index in [2.05, 4.69) is 50.1 Å². The van der Waals surface area contributed by atoms with Crippen LogP contribution < -0.4 is 0 Å². The van der Waals surface area contributed by atoms with Gasteiger partial charge in [0, 0.05) is 0 Å². The maximum Gasteiger partial charge on any atom is 0.0751 e. The maximum absolute atomic E-state index is 2.52. The lowest BCUT2D eigenvalue weighted by atomic mass is 10.5. The van der Waals surface area contributed by atoms with Crippen molar-refractivity contribution in [1.82, 2.24) is 0 Å². The van der Waals surface area contributed by atoms with Crippen molar-refractivity contribution in [2.24, 2.45) is 0 Å². The van der Waals surface area contributed by atoms with Crippen molar-refractivity contribution in [2.45, 2.75) is 43.1 Å². The summed E-state index contributed by atoms with van der Waals surface area (Å²) in [5.74, 6) is 2.79. The summed E-state index contributed by atoms with van der Waals surface area (Å²) in [5.41, 5.74) is 0. The molecule has 3 heteroatoms. The van der Waals surface area contributed by atoms with Crippen LogP contribution in [0.2, 0.25) is 19.6 Å². The van der Waals surface area contributed by atoms with E-state index in [9.17, 15) is 0 Å². The second kappa shape index (κ2) is 3.97. The van der Waals surface area contributed by atoms with Crippen LogP contribution in [-0.4, -0.2) is 23.3 Å². The van der Waals surface area contributed by atoms with E-state index in [-0.39, 0.29) is 0 Å². The summed E-state index contributed by atoms with van der Waals surface area (Å²) in [7, 11) is -0.981. The van der Waals surface area contributed by atoms with Gasteiger partial charge in [-0.1, -0.05) is 26.6 Å². The Morgan fingerprint density at radius 1 is 1.17 bits per heavy atom. The highest BCUT2D eigenvalue weighted by Gasteiger charge is 2.43. The predicted octanol–water partition coefficient (Wildman–Crippen LogP) is 3.84. The van der Waals surface area contributed by atoms with Crippen LogP contribution in [0.3, 0.4) is 0 Å². The van der Waals surface area contributed by atoms with E-state index in [1.165, 1.54) is 24.3 Å². The topological polar surface area (TPSA) is 0 Å². The van der Waals surface area contributed by atoms with Gasteiger partial charge >= 0.3 is 0 Å². The molecule has 1 heterocycles. The van der Waals surface area contributed by atoms with Crippen LogP contribution in [-0.2, 0) is 0 Å². The highest BCUT2D eigenvalue weighted by atomic mass is 32.2. The molecule has 0 radical (unpaired) electrons. The Kier molecular flexibility index (Phi) is 3.64. The van der Waals surface area contributed by atoms with E-state index in [0.717, 1.165) is 0 Å². The summed E-state index contributed by atoms with van der Waals surface area (Å²) in [6.07, 6.45) is 2.78. The third kappa shape index (κ3) is 2.04. The molecule has 0 amide bonds. The monoisotopic (exact) mass is 220 g/mol. The molecular formula is C9H20S2Si. The molecule has 0 aromatic rings. The fraction of sp³-hybridized carbons (Fsp3) is 1.00. The highest BCUT2D eigenvalue weighted by Crippen LogP contribution is 2.50. The van der Waals surface area contributed by atoms with Gasteiger partial charge in [-0.05, 0) is 24.3 Å². The minimum absolute atomic E-state index is 0.630. The molecule has 0 spiro atoms. The van der Waals surface area contributed by atoms with Crippen molar-refractivity contribution < 1.29 is 0 Å². The quantitative estimate of drug-likeness (QED) is 0.649. The Labute approximate surface area is 86.3 Å². The SMILES string of the molecule is CCC1([Si](C)(C)C)SCCCS1. The third-order valence-corrected chi connectivity index (χ3v) is 12.9. The van der Waals surface area contributed by atoms with E-state index in [4.69, 9.17) is 0 Å². The summed E-state index contributed by atoms with van der Waals surface area (Å²) >= 11 is 4.48. The molecule has 0 nitrogen and oxygen atoms in total. The summed E-state index contributed by atoms with van der Waals surface area (Å²) < 4.78 is 0.630. The number of hydrogen-bond donors (Lipinski definition) is 0. The average Bonchev–Trinajstić information content (AvgIpc) is 2.04. The van der Waals surface area contributed by atoms with Gasteiger partial charge in [0.25, 0.3) is 0 Å². The van der Waals surface area contributed by atoms with Gasteiger partial charge in [0.05, 0.1) is 11.8 Å². The van der Waals surface area contributed by atoms with Crippen LogP contribution in [0.15, 0.2) is 0 Å².